The second kappa shape index (κ2) is 8.53. The van der Waals surface area contributed by atoms with Crippen LogP contribution < -0.4 is 5.32 Å². The number of hydrogen-bond acceptors (Lipinski definition) is 4. The van der Waals surface area contributed by atoms with E-state index >= 15 is 0 Å². The number of carbonyl (C=O) groups is 1. The predicted octanol–water partition coefficient (Wildman–Crippen LogP) is 2.89. The highest BCUT2D eigenvalue weighted by molar-refractivity contribution is 5.91. The van der Waals surface area contributed by atoms with E-state index in [1.54, 1.807) is 18.5 Å². The van der Waals surface area contributed by atoms with Gasteiger partial charge in [0.1, 0.15) is 5.82 Å². The Morgan fingerprint density at radius 3 is 2.77 bits per heavy atom. The largest absolute Gasteiger partial charge is 0.310 e. The molecule has 5 heteroatoms. The number of pyridine rings is 2. The SMILES string of the molecule is N#CCCCCc1ccc(NC(=O)Cc2ccccn2)nc1. The van der Waals surface area contributed by atoms with Crippen LogP contribution in [0, 0.1) is 11.3 Å². The van der Waals surface area contributed by atoms with Crippen LogP contribution in [0.25, 0.3) is 0 Å². The van der Waals surface area contributed by atoms with Crippen molar-refractivity contribution in [3.8, 4) is 6.07 Å². The van der Waals surface area contributed by atoms with Crippen molar-refractivity contribution >= 4 is 11.7 Å². The minimum absolute atomic E-state index is 0.132. The normalized spacial score (nSPS) is 9.95. The zero-order chi connectivity index (χ0) is 15.6. The van der Waals surface area contributed by atoms with Crippen LogP contribution in [0.3, 0.4) is 0 Å². The first-order chi connectivity index (χ1) is 10.8. The van der Waals surface area contributed by atoms with Gasteiger partial charge in [0.05, 0.1) is 12.5 Å². The van der Waals surface area contributed by atoms with E-state index in [9.17, 15) is 4.79 Å². The smallest absolute Gasteiger partial charge is 0.231 e. The minimum Gasteiger partial charge on any atom is -0.310 e. The van der Waals surface area contributed by atoms with Gasteiger partial charge in [-0.25, -0.2) is 4.98 Å². The molecule has 2 rings (SSSR count). The van der Waals surface area contributed by atoms with Crippen molar-refractivity contribution in [3.05, 3.63) is 54.0 Å². The number of amides is 1. The summed E-state index contributed by atoms with van der Waals surface area (Å²) in [6.07, 6.45) is 7.04. The van der Waals surface area contributed by atoms with Crippen molar-refractivity contribution in [2.45, 2.75) is 32.1 Å². The molecule has 0 radical (unpaired) electrons. The van der Waals surface area contributed by atoms with Crippen molar-refractivity contribution in [2.75, 3.05) is 5.32 Å². The Kier molecular flexibility index (Phi) is 6.06. The van der Waals surface area contributed by atoms with Crippen LogP contribution in [0.1, 0.15) is 30.5 Å². The molecule has 2 aromatic rings. The van der Waals surface area contributed by atoms with E-state index in [1.807, 2.05) is 24.3 Å². The summed E-state index contributed by atoms with van der Waals surface area (Å²) in [5.41, 5.74) is 1.84. The first-order valence-corrected chi connectivity index (χ1v) is 7.29. The molecule has 0 bridgehead atoms. The molecule has 1 amide bonds. The summed E-state index contributed by atoms with van der Waals surface area (Å²) >= 11 is 0. The molecule has 0 spiro atoms. The topological polar surface area (TPSA) is 78.7 Å². The molecular formula is C17H18N4O. The molecule has 22 heavy (non-hydrogen) atoms. The first-order valence-electron chi connectivity index (χ1n) is 7.29. The molecule has 0 aliphatic carbocycles. The summed E-state index contributed by atoms with van der Waals surface area (Å²) in [6, 6.07) is 11.4. The van der Waals surface area contributed by atoms with Crippen molar-refractivity contribution in [3.63, 3.8) is 0 Å². The van der Waals surface area contributed by atoms with Gasteiger partial charge in [-0.05, 0) is 43.0 Å². The number of anilines is 1. The van der Waals surface area contributed by atoms with Gasteiger partial charge in [0.15, 0.2) is 0 Å². The van der Waals surface area contributed by atoms with E-state index in [2.05, 4.69) is 21.4 Å². The molecule has 0 saturated carbocycles. The average molecular weight is 294 g/mol. The summed E-state index contributed by atoms with van der Waals surface area (Å²) in [7, 11) is 0. The van der Waals surface area contributed by atoms with Gasteiger partial charge >= 0.3 is 0 Å². The Morgan fingerprint density at radius 1 is 1.18 bits per heavy atom. The highest BCUT2D eigenvalue weighted by atomic mass is 16.1. The number of nitrogens with one attached hydrogen (secondary N) is 1. The van der Waals surface area contributed by atoms with Gasteiger partial charge in [0.2, 0.25) is 5.91 Å². The number of aromatic nitrogens is 2. The monoisotopic (exact) mass is 294 g/mol. The molecule has 0 aliphatic heterocycles. The summed E-state index contributed by atoms with van der Waals surface area (Å²) in [5.74, 6) is 0.412. The van der Waals surface area contributed by atoms with Crippen LogP contribution in [0.5, 0.6) is 0 Å². The Morgan fingerprint density at radius 2 is 2.09 bits per heavy atom. The fraction of sp³-hybridized carbons (Fsp3) is 0.294. The number of nitriles is 1. The van der Waals surface area contributed by atoms with Crippen molar-refractivity contribution in [1.82, 2.24) is 9.97 Å². The molecule has 2 aromatic heterocycles. The third kappa shape index (κ3) is 5.33. The molecule has 5 nitrogen and oxygen atoms in total. The maximum atomic E-state index is 11.9. The maximum Gasteiger partial charge on any atom is 0.231 e. The molecule has 2 heterocycles. The Balaban J connectivity index is 1.81. The van der Waals surface area contributed by atoms with Crippen molar-refractivity contribution in [2.24, 2.45) is 0 Å². The minimum atomic E-state index is -0.132. The van der Waals surface area contributed by atoms with Crippen LogP contribution in [0.15, 0.2) is 42.7 Å². The average Bonchev–Trinajstić information content (AvgIpc) is 2.54. The molecule has 0 aromatic carbocycles. The molecular weight excluding hydrogens is 276 g/mol. The second-order valence-corrected chi connectivity index (χ2v) is 4.96. The van der Waals surface area contributed by atoms with Crippen molar-refractivity contribution < 1.29 is 4.79 Å². The maximum absolute atomic E-state index is 11.9. The lowest BCUT2D eigenvalue weighted by Gasteiger charge is -2.05. The Hall–Kier alpha value is -2.74. The number of hydrogen-bond donors (Lipinski definition) is 1. The summed E-state index contributed by atoms with van der Waals surface area (Å²) in [5, 5.41) is 11.2. The van der Waals surface area contributed by atoms with Gasteiger partial charge in [-0.1, -0.05) is 12.1 Å². The third-order valence-electron chi connectivity index (χ3n) is 3.16. The van der Waals surface area contributed by atoms with E-state index < -0.39 is 0 Å². The lowest BCUT2D eigenvalue weighted by molar-refractivity contribution is -0.115. The van der Waals surface area contributed by atoms with Crippen LogP contribution in [-0.2, 0) is 17.6 Å². The van der Waals surface area contributed by atoms with Crippen molar-refractivity contribution in [1.29, 1.82) is 5.26 Å². The number of nitrogens with zero attached hydrogens (tertiary/aromatic N) is 3. The van der Waals surface area contributed by atoms with E-state index in [1.165, 1.54) is 0 Å². The van der Waals surface area contributed by atoms with E-state index in [4.69, 9.17) is 5.26 Å². The lowest BCUT2D eigenvalue weighted by Crippen LogP contribution is -2.15. The molecule has 0 fully saturated rings. The van der Waals surface area contributed by atoms with Crippen LogP contribution in [-0.4, -0.2) is 15.9 Å². The fourth-order valence-electron chi connectivity index (χ4n) is 2.03. The van der Waals surface area contributed by atoms with Gasteiger partial charge in [-0.15, -0.1) is 0 Å². The van der Waals surface area contributed by atoms with Crippen LogP contribution in [0.4, 0.5) is 5.82 Å². The summed E-state index contributed by atoms with van der Waals surface area (Å²) in [6.45, 7) is 0. The molecule has 0 atom stereocenters. The predicted molar refractivity (Wildman–Crippen MR) is 84.0 cm³/mol. The number of carbonyl (C=O) groups excluding carboxylic acids is 1. The zero-order valence-corrected chi connectivity index (χ0v) is 12.3. The highest BCUT2D eigenvalue weighted by Crippen LogP contribution is 2.09. The first kappa shape index (κ1) is 15.6. The Bertz CT molecular complexity index is 632. The molecule has 0 saturated heterocycles. The lowest BCUT2D eigenvalue weighted by atomic mass is 10.1. The fourth-order valence-corrected chi connectivity index (χ4v) is 2.03. The molecule has 0 aliphatic rings. The van der Waals surface area contributed by atoms with Crippen LogP contribution >= 0.6 is 0 Å². The number of rotatable bonds is 7. The quantitative estimate of drug-likeness (QED) is 0.796. The van der Waals surface area contributed by atoms with Crippen LogP contribution in [0.2, 0.25) is 0 Å². The highest BCUT2D eigenvalue weighted by Gasteiger charge is 2.05. The van der Waals surface area contributed by atoms with Gasteiger partial charge in [-0.3, -0.25) is 9.78 Å². The molecule has 112 valence electrons. The summed E-state index contributed by atoms with van der Waals surface area (Å²) < 4.78 is 0. The van der Waals surface area contributed by atoms with E-state index in [-0.39, 0.29) is 12.3 Å². The van der Waals surface area contributed by atoms with Gasteiger partial charge < -0.3 is 5.32 Å². The Labute approximate surface area is 130 Å². The third-order valence-corrected chi connectivity index (χ3v) is 3.16. The molecule has 0 unspecified atom stereocenters. The van der Waals surface area contributed by atoms with Gasteiger partial charge in [0.25, 0.3) is 0 Å². The van der Waals surface area contributed by atoms with Gasteiger partial charge in [-0.2, -0.15) is 5.26 Å². The second-order valence-electron chi connectivity index (χ2n) is 4.96. The van der Waals surface area contributed by atoms with E-state index in [0.717, 1.165) is 30.5 Å². The van der Waals surface area contributed by atoms with Gasteiger partial charge in [0, 0.05) is 24.5 Å². The number of unbranched alkanes of at least 4 members (excludes halogenated alkanes) is 2. The standard InChI is InChI=1S/C17H18N4O/c18-10-4-1-2-6-14-8-9-16(20-13-14)21-17(22)12-15-7-3-5-11-19-15/h3,5,7-9,11,13H,1-2,4,6,12H2,(H,20,21,22). The summed E-state index contributed by atoms with van der Waals surface area (Å²) in [4.78, 5) is 20.2. The number of aryl methyl sites for hydroxylation is 1. The van der Waals surface area contributed by atoms with E-state index in [0.29, 0.717) is 12.2 Å². The zero-order valence-electron chi connectivity index (χ0n) is 12.3. The molecule has 1 N–H and O–H groups in total.